The molecule has 1 atom stereocenters. The van der Waals surface area contributed by atoms with Gasteiger partial charge in [-0.2, -0.15) is 22.5 Å². The molecule has 1 aliphatic rings. The SMILES string of the molecule is C[C@H]1CCCN(S(=O)(=O)NCc2ccc(Cn3cncn3)cc2)C1. The fourth-order valence-electron chi connectivity index (χ4n) is 2.89. The zero-order chi connectivity index (χ0) is 17.0. The number of nitrogens with zero attached hydrogens (tertiary/aromatic N) is 4. The maximum Gasteiger partial charge on any atom is 0.279 e. The summed E-state index contributed by atoms with van der Waals surface area (Å²) < 4.78 is 30.8. The normalized spacial score (nSPS) is 19.5. The largest absolute Gasteiger partial charge is 0.279 e. The standard InChI is InChI=1S/C16H23N5O2S/c1-14-3-2-8-21(10-14)24(22,23)19-9-15-4-6-16(7-5-15)11-20-13-17-12-18-20/h4-7,12-14,19H,2-3,8-11H2,1H3/t14-/m0/s1. The highest BCUT2D eigenvalue weighted by atomic mass is 32.2. The fraction of sp³-hybridized carbons (Fsp3) is 0.500. The predicted octanol–water partition coefficient (Wildman–Crippen LogP) is 1.39. The minimum Gasteiger partial charge on any atom is -0.249 e. The van der Waals surface area contributed by atoms with Crippen LogP contribution in [0.25, 0.3) is 0 Å². The zero-order valence-electron chi connectivity index (χ0n) is 13.8. The van der Waals surface area contributed by atoms with Crippen molar-refractivity contribution in [1.82, 2.24) is 23.8 Å². The van der Waals surface area contributed by atoms with Crippen molar-refractivity contribution >= 4 is 10.2 Å². The maximum absolute atomic E-state index is 12.4. The molecule has 1 fully saturated rings. The second-order valence-corrected chi connectivity index (χ2v) is 8.10. The van der Waals surface area contributed by atoms with Crippen LogP contribution in [0.1, 0.15) is 30.9 Å². The van der Waals surface area contributed by atoms with Gasteiger partial charge in [0.2, 0.25) is 0 Å². The Morgan fingerprint density at radius 3 is 2.67 bits per heavy atom. The van der Waals surface area contributed by atoms with Crippen molar-refractivity contribution < 1.29 is 8.42 Å². The molecule has 2 aromatic rings. The topological polar surface area (TPSA) is 80.1 Å². The summed E-state index contributed by atoms with van der Waals surface area (Å²) in [6, 6.07) is 7.84. The average Bonchev–Trinajstić information content (AvgIpc) is 3.07. The maximum atomic E-state index is 12.4. The van der Waals surface area contributed by atoms with Crippen molar-refractivity contribution in [3.05, 3.63) is 48.0 Å². The summed E-state index contributed by atoms with van der Waals surface area (Å²) in [5.74, 6) is 0.423. The molecule has 0 aliphatic carbocycles. The Balaban J connectivity index is 1.56. The molecule has 1 aromatic carbocycles. The van der Waals surface area contributed by atoms with Crippen LogP contribution in [0, 0.1) is 5.92 Å². The minimum absolute atomic E-state index is 0.302. The molecule has 7 nitrogen and oxygen atoms in total. The summed E-state index contributed by atoms with van der Waals surface area (Å²) in [6.07, 6.45) is 5.20. The lowest BCUT2D eigenvalue weighted by Crippen LogP contribution is -2.45. The number of rotatable bonds is 6. The third kappa shape index (κ3) is 4.40. The van der Waals surface area contributed by atoms with Gasteiger partial charge in [-0.3, -0.25) is 0 Å². The van der Waals surface area contributed by atoms with Crippen molar-refractivity contribution in [3.63, 3.8) is 0 Å². The first kappa shape index (κ1) is 17.1. The second kappa shape index (κ2) is 7.42. The van der Waals surface area contributed by atoms with E-state index in [0.29, 0.717) is 32.1 Å². The van der Waals surface area contributed by atoms with E-state index in [-0.39, 0.29) is 0 Å². The van der Waals surface area contributed by atoms with Crippen LogP contribution < -0.4 is 4.72 Å². The molecule has 0 unspecified atom stereocenters. The molecule has 3 rings (SSSR count). The Morgan fingerprint density at radius 2 is 2.00 bits per heavy atom. The third-order valence-electron chi connectivity index (χ3n) is 4.25. The van der Waals surface area contributed by atoms with Crippen molar-refractivity contribution in [1.29, 1.82) is 0 Å². The Bertz CT molecular complexity index is 743. The lowest BCUT2D eigenvalue weighted by Gasteiger charge is -2.30. The number of aromatic nitrogens is 3. The first-order chi connectivity index (χ1) is 11.5. The number of hydrogen-bond acceptors (Lipinski definition) is 4. The molecule has 0 bridgehead atoms. The molecule has 0 saturated carbocycles. The Morgan fingerprint density at radius 1 is 1.25 bits per heavy atom. The molecular formula is C16H23N5O2S. The smallest absolute Gasteiger partial charge is 0.249 e. The second-order valence-electron chi connectivity index (χ2n) is 6.34. The molecule has 24 heavy (non-hydrogen) atoms. The lowest BCUT2D eigenvalue weighted by atomic mass is 10.0. The van der Waals surface area contributed by atoms with Gasteiger partial charge in [0, 0.05) is 19.6 Å². The van der Waals surface area contributed by atoms with Crippen LogP contribution in [0.4, 0.5) is 0 Å². The molecule has 1 aromatic heterocycles. The third-order valence-corrected chi connectivity index (χ3v) is 5.77. The highest BCUT2D eigenvalue weighted by Crippen LogP contribution is 2.18. The van der Waals surface area contributed by atoms with Gasteiger partial charge in [0.25, 0.3) is 10.2 Å². The van der Waals surface area contributed by atoms with E-state index >= 15 is 0 Å². The average molecular weight is 349 g/mol. The van der Waals surface area contributed by atoms with Crippen LogP contribution in [0.15, 0.2) is 36.9 Å². The van der Waals surface area contributed by atoms with E-state index in [0.717, 1.165) is 24.0 Å². The number of hydrogen-bond donors (Lipinski definition) is 1. The van der Waals surface area contributed by atoms with Gasteiger partial charge in [-0.05, 0) is 29.9 Å². The van der Waals surface area contributed by atoms with E-state index in [1.807, 2.05) is 24.3 Å². The summed E-state index contributed by atoms with van der Waals surface area (Å²) in [5, 5.41) is 4.07. The molecule has 1 saturated heterocycles. The first-order valence-corrected chi connectivity index (χ1v) is 9.62. The van der Waals surface area contributed by atoms with Crippen LogP contribution >= 0.6 is 0 Å². The van der Waals surface area contributed by atoms with Crippen LogP contribution in [0.2, 0.25) is 0 Å². The molecule has 1 aliphatic heterocycles. The van der Waals surface area contributed by atoms with Gasteiger partial charge in [-0.1, -0.05) is 31.2 Å². The van der Waals surface area contributed by atoms with Crippen molar-refractivity contribution in [2.75, 3.05) is 13.1 Å². The molecule has 0 spiro atoms. The van der Waals surface area contributed by atoms with Crippen LogP contribution in [0.5, 0.6) is 0 Å². The summed E-state index contributed by atoms with van der Waals surface area (Å²) in [5.41, 5.74) is 2.03. The quantitative estimate of drug-likeness (QED) is 0.855. The van der Waals surface area contributed by atoms with E-state index in [1.165, 1.54) is 6.33 Å². The van der Waals surface area contributed by atoms with Crippen molar-refractivity contribution in [3.8, 4) is 0 Å². The molecule has 0 amide bonds. The van der Waals surface area contributed by atoms with Gasteiger partial charge in [0.1, 0.15) is 12.7 Å². The van der Waals surface area contributed by atoms with Gasteiger partial charge in [0.15, 0.2) is 0 Å². The molecule has 8 heteroatoms. The highest BCUT2D eigenvalue weighted by Gasteiger charge is 2.26. The van der Waals surface area contributed by atoms with Gasteiger partial charge >= 0.3 is 0 Å². The Labute approximate surface area is 142 Å². The van der Waals surface area contributed by atoms with Gasteiger partial charge in [-0.25, -0.2) is 9.67 Å². The van der Waals surface area contributed by atoms with Crippen LogP contribution in [0.3, 0.4) is 0 Å². The van der Waals surface area contributed by atoms with E-state index in [4.69, 9.17) is 0 Å². The minimum atomic E-state index is -3.40. The summed E-state index contributed by atoms with van der Waals surface area (Å²) in [6.45, 7) is 4.26. The zero-order valence-corrected chi connectivity index (χ0v) is 14.6. The van der Waals surface area contributed by atoms with E-state index in [9.17, 15) is 8.42 Å². The van der Waals surface area contributed by atoms with Crippen LogP contribution in [-0.2, 0) is 23.3 Å². The Hall–Kier alpha value is -1.77. The fourth-order valence-corrected chi connectivity index (χ4v) is 4.25. The number of piperidine rings is 1. The summed E-state index contributed by atoms with van der Waals surface area (Å²) in [4.78, 5) is 3.91. The van der Waals surface area contributed by atoms with Gasteiger partial charge < -0.3 is 0 Å². The molecule has 0 radical (unpaired) electrons. The molecule has 2 heterocycles. The molecule has 1 N–H and O–H groups in total. The summed E-state index contributed by atoms with van der Waals surface area (Å²) >= 11 is 0. The number of benzene rings is 1. The molecular weight excluding hydrogens is 326 g/mol. The lowest BCUT2D eigenvalue weighted by molar-refractivity contribution is 0.278. The first-order valence-electron chi connectivity index (χ1n) is 8.18. The van der Waals surface area contributed by atoms with Gasteiger partial charge in [-0.15, -0.1) is 0 Å². The predicted molar refractivity (Wildman–Crippen MR) is 91.3 cm³/mol. The Kier molecular flexibility index (Phi) is 5.27. The van der Waals surface area contributed by atoms with E-state index in [2.05, 4.69) is 21.7 Å². The number of nitrogens with one attached hydrogen (secondary N) is 1. The van der Waals surface area contributed by atoms with Crippen molar-refractivity contribution in [2.24, 2.45) is 5.92 Å². The highest BCUT2D eigenvalue weighted by molar-refractivity contribution is 7.87. The molecule has 130 valence electrons. The van der Waals surface area contributed by atoms with Crippen LogP contribution in [-0.4, -0.2) is 40.6 Å². The van der Waals surface area contributed by atoms with E-state index < -0.39 is 10.2 Å². The van der Waals surface area contributed by atoms with E-state index in [1.54, 1.807) is 15.3 Å². The van der Waals surface area contributed by atoms with Crippen molar-refractivity contribution in [2.45, 2.75) is 32.9 Å². The van der Waals surface area contributed by atoms with Gasteiger partial charge in [0.05, 0.1) is 6.54 Å². The summed E-state index contributed by atoms with van der Waals surface area (Å²) in [7, 11) is -3.40. The monoisotopic (exact) mass is 349 g/mol.